The van der Waals surface area contributed by atoms with E-state index in [0.29, 0.717) is 5.92 Å². The molecule has 1 atom stereocenters. The van der Waals surface area contributed by atoms with Crippen molar-refractivity contribution in [3.05, 3.63) is 18.5 Å². The van der Waals surface area contributed by atoms with Crippen LogP contribution in [0, 0.1) is 11.8 Å². The number of likely N-dealkylation sites (tertiary alicyclic amines) is 1. The molecule has 7 heteroatoms. The molecule has 7 nitrogen and oxygen atoms in total. The van der Waals surface area contributed by atoms with Gasteiger partial charge in [-0.2, -0.15) is 4.52 Å². The third kappa shape index (κ3) is 2.89. The van der Waals surface area contributed by atoms with Gasteiger partial charge in [0.2, 0.25) is 0 Å². The van der Waals surface area contributed by atoms with Gasteiger partial charge in [-0.1, -0.05) is 0 Å². The molecular weight excluding hydrogens is 316 g/mol. The number of anilines is 1. The van der Waals surface area contributed by atoms with Crippen LogP contribution in [0.2, 0.25) is 0 Å². The van der Waals surface area contributed by atoms with E-state index in [2.05, 4.69) is 38.2 Å². The van der Waals surface area contributed by atoms with Gasteiger partial charge in [-0.3, -0.25) is 4.90 Å². The number of nitrogens with zero attached hydrogens (tertiary/aromatic N) is 6. The Labute approximate surface area is 148 Å². The number of rotatable bonds is 5. The number of ether oxygens (including phenoxy) is 1. The molecule has 4 heterocycles. The van der Waals surface area contributed by atoms with Crippen molar-refractivity contribution >= 4 is 11.5 Å². The zero-order valence-corrected chi connectivity index (χ0v) is 14.8. The van der Waals surface area contributed by atoms with Gasteiger partial charge in [0.05, 0.1) is 5.54 Å². The Morgan fingerprint density at radius 1 is 1.16 bits per heavy atom. The predicted octanol–water partition coefficient (Wildman–Crippen LogP) is 1.45. The molecule has 1 spiro atoms. The molecule has 1 unspecified atom stereocenters. The second-order valence-corrected chi connectivity index (χ2v) is 8.17. The van der Waals surface area contributed by atoms with Gasteiger partial charge in [0, 0.05) is 26.3 Å². The normalized spacial score (nSPS) is 26.3. The van der Waals surface area contributed by atoms with Gasteiger partial charge >= 0.3 is 0 Å². The summed E-state index contributed by atoms with van der Waals surface area (Å²) in [6, 6.07) is 4.04. The molecule has 3 aliphatic rings. The lowest BCUT2D eigenvalue weighted by atomic mass is 9.75. The zero-order valence-electron chi connectivity index (χ0n) is 14.8. The van der Waals surface area contributed by atoms with Crippen molar-refractivity contribution < 1.29 is 4.74 Å². The maximum absolute atomic E-state index is 5.98. The first-order chi connectivity index (χ1) is 12.2. The smallest absolute Gasteiger partial charge is 0.177 e. The van der Waals surface area contributed by atoms with Gasteiger partial charge in [-0.25, -0.2) is 0 Å². The van der Waals surface area contributed by atoms with Gasteiger partial charge in [-0.05, 0) is 63.2 Å². The molecule has 2 saturated heterocycles. The number of likely N-dealkylation sites (N-methyl/N-ethyl adjacent to an activating group) is 1. The van der Waals surface area contributed by atoms with E-state index in [1.54, 1.807) is 10.8 Å². The SMILES string of the molecule is CN1CCC(COCC2CC2)CC12CN(c1ccc3nncn3n1)C2. The summed E-state index contributed by atoms with van der Waals surface area (Å²) < 4.78 is 7.73. The van der Waals surface area contributed by atoms with Gasteiger partial charge in [0.25, 0.3) is 0 Å². The van der Waals surface area contributed by atoms with Gasteiger partial charge in [-0.15, -0.1) is 15.3 Å². The van der Waals surface area contributed by atoms with E-state index in [4.69, 9.17) is 4.74 Å². The van der Waals surface area contributed by atoms with Crippen molar-refractivity contribution in [2.24, 2.45) is 11.8 Å². The van der Waals surface area contributed by atoms with Crippen molar-refractivity contribution in [3.63, 3.8) is 0 Å². The molecule has 25 heavy (non-hydrogen) atoms. The summed E-state index contributed by atoms with van der Waals surface area (Å²) in [6.45, 7) is 5.18. The van der Waals surface area contributed by atoms with Crippen LogP contribution in [0.3, 0.4) is 0 Å². The van der Waals surface area contributed by atoms with E-state index < -0.39 is 0 Å². The van der Waals surface area contributed by atoms with Crippen LogP contribution >= 0.6 is 0 Å². The standard InChI is InChI=1S/C18H26N6O/c1-22-7-6-15(10-25-9-14-2-3-14)8-18(22)11-23(12-18)17-5-4-16-20-19-13-24(16)21-17/h4-5,13-15H,2-3,6-12H2,1H3. The minimum Gasteiger partial charge on any atom is -0.381 e. The fraction of sp³-hybridized carbons (Fsp3) is 0.722. The molecular formula is C18H26N6O. The van der Waals surface area contributed by atoms with Crippen LogP contribution in [-0.2, 0) is 4.74 Å². The summed E-state index contributed by atoms with van der Waals surface area (Å²) in [5.74, 6) is 2.57. The van der Waals surface area contributed by atoms with E-state index >= 15 is 0 Å². The highest BCUT2D eigenvalue weighted by Gasteiger charge is 2.49. The van der Waals surface area contributed by atoms with Crippen LogP contribution in [0.25, 0.3) is 5.65 Å². The molecule has 0 radical (unpaired) electrons. The lowest BCUT2D eigenvalue weighted by molar-refractivity contribution is -0.0138. The molecule has 134 valence electrons. The van der Waals surface area contributed by atoms with Crippen molar-refractivity contribution in [1.82, 2.24) is 24.7 Å². The fourth-order valence-electron chi connectivity index (χ4n) is 4.32. The Bertz CT molecular complexity index is 751. The third-order valence-electron chi connectivity index (χ3n) is 6.20. The molecule has 0 aromatic carbocycles. The van der Waals surface area contributed by atoms with Gasteiger partial charge < -0.3 is 9.64 Å². The Hall–Kier alpha value is -1.73. The topological polar surface area (TPSA) is 58.8 Å². The molecule has 2 aromatic rings. The van der Waals surface area contributed by atoms with E-state index in [1.165, 1.54) is 32.2 Å². The molecule has 0 amide bonds. The average Bonchev–Trinajstić information content (AvgIpc) is 3.29. The van der Waals surface area contributed by atoms with Gasteiger partial charge in [0.15, 0.2) is 5.65 Å². The number of aromatic nitrogens is 4. The van der Waals surface area contributed by atoms with Crippen molar-refractivity contribution in [3.8, 4) is 0 Å². The summed E-state index contributed by atoms with van der Waals surface area (Å²) >= 11 is 0. The maximum atomic E-state index is 5.98. The molecule has 1 saturated carbocycles. The highest BCUT2D eigenvalue weighted by Crippen LogP contribution is 2.40. The molecule has 0 N–H and O–H groups in total. The third-order valence-corrected chi connectivity index (χ3v) is 6.20. The largest absolute Gasteiger partial charge is 0.381 e. The van der Waals surface area contributed by atoms with E-state index in [1.807, 2.05) is 6.07 Å². The highest BCUT2D eigenvalue weighted by molar-refractivity contribution is 5.48. The second kappa shape index (κ2) is 5.92. The monoisotopic (exact) mass is 342 g/mol. The van der Waals surface area contributed by atoms with Gasteiger partial charge in [0.1, 0.15) is 12.1 Å². The number of hydrogen-bond donors (Lipinski definition) is 0. The molecule has 2 aromatic heterocycles. The molecule has 5 rings (SSSR count). The summed E-state index contributed by atoms with van der Waals surface area (Å²) in [5.41, 5.74) is 1.08. The zero-order chi connectivity index (χ0) is 16.9. The minimum atomic E-state index is 0.287. The second-order valence-electron chi connectivity index (χ2n) is 8.17. The summed E-state index contributed by atoms with van der Waals surface area (Å²) in [5, 5.41) is 12.6. The van der Waals surface area contributed by atoms with Crippen LogP contribution in [-0.4, -0.2) is 70.1 Å². The number of piperidine rings is 1. The average molecular weight is 342 g/mol. The predicted molar refractivity (Wildman–Crippen MR) is 94.6 cm³/mol. The first-order valence-electron chi connectivity index (χ1n) is 9.43. The molecule has 2 aliphatic heterocycles. The lowest BCUT2D eigenvalue weighted by Crippen LogP contribution is -2.72. The van der Waals surface area contributed by atoms with E-state index in [9.17, 15) is 0 Å². The van der Waals surface area contributed by atoms with Crippen LogP contribution in [0.5, 0.6) is 0 Å². The summed E-state index contributed by atoms with van der Waals surface area (Å²) in [7, 11) is 2.27. The van der Waals surface area contributed by atoms with Crippen molar-refractivity contribution in [1.29, 1.82) is 0 Å². The van der Waals surface area contributed by atoms with E-state index in [0.717, 1.165) is 43.7 Å². The Kier molecular flexibility index (Phi) is 3.67. The Balaban J connectivity index is 1.22. The molecule has 1 aliphatic carbocycles. The fourth-order valence-corrected chi connectivity index (χ4v) is 4.32. The first kappa shape index (κ1) is 15.5. The van der Waals surface area contributed by atoms with Crippen LogP contribution in [0.15, 0.2) is 18.5 Å². The van der Waals surface area contributed by atoms with E-state index in [-0.39, 0.29) is 5.54 Å². The lowest BCUT2D eigenvalue weighted by Gasteiger charge is -2.58. The Morgan fingerprint density at radius 3 is 2.84 bits per heavy atom. The first-order valence-corrected chi connectivity index (χ1v) is 9.43. The minimum absolute atomic E-state index is 0.287. The molecule has 3 fully saturated rings. The summed E-state index contributed by atoms with van der Waals surface area (Å²) in [4.78, 5) is 4.92. The quantitative estimate of drug-likeness (QED) is 0.820. The van der Waals surface area contributed by atoms with Crippen LogP contribution in [0.1, 0.15) is 25.7 Å². The molecule has 0 bridgehead atoms. The van der Waals surface area contributed by atoms with Crippen LogP contribution in [0.4, 0.5) is 5.82 Å². The maximum Gasteiger partial charge on any atom is 0.177 e. The highest BCUT2D eigenvalue weighted by atomic mass is 16.5. The summed E-state index contributed by atoms with van der Waals surface area (Å²) in [6.07, 6.45) is 6.90. The van der Waals surface area contributed by atoms with Crippen molar-refractivity contribution in [2.45, 2.75) is 31.2 Å². The Morgan fingerprint density at radius 2 is 2.00 bits per heavy atom. The number of fused-ring (bicyclic) bond motifs is 1. The number of hydrogen-bond acceptors (Lipinski definition) is 6. The van der Waals surface area contributed by atoms with Crippen LogP contribution < -0.4 is 4.90 Å². The van der Waals surface area contributed by atoms with Crippen molar-refractivity contribution in [2.75, 3.05) is 44.8 Å².